The molecule has 1 N–H and O–H groups in total. The Kier molecular flexibility index (Phi) is 7.29. The SMILES string of the molecule is C[C@H]1CC[C@@H](C(=O)NCc2cc(-c3cnc(C(F)(F)F)nc3)ccc2F)N1S(=O)(=O)c1ccc(F)cc1. The van der Waals surface area contributed by atoms with Crippen LogP contribution < -0.4 is 5.32 Å². The van der Waals surface area contributed by atoms with Gasteiger partial charge in [0.2, 0.25) is 21.8 Å². The lowest BCUT2D eigenvalue weighted by molar-refractivity contribution is -0.145. The van der Waals surface area contributed by atoms with Gasteiger partial charge in [0.25, 0.3) is 0 Å². The highest BCUT2D eigenvalue weighted by molar-refractivity contribution is 7.89. The molecule has 4 rings (SSSR count). The summed E-state index contributed by atoms with van der Waals surface area (Å²) in [6, 6.07) is 6.49. The first-order valence-electron chi connectivity index (χ1n) is 11.1. The Balaban J connectivity index is 1.50. The molecule has 7 nitrogen and oxygen atoms in total. The van der Waals surface area contributed by atoms with Crippen molar-refractivity contribution in [2.24, 2.45) is 0 Å². The van der Waals surface area contributed by atoms with E-state index in [1.165, 1.54) is 12.1 Å². The van der Waals surface area contributed by atoms with Crippen molar-refractivity contribution in [3.8, 4) is 11.1 Å². The van der Waals surface area contributed by atoms with Gasteiger partial charge in [-0.25, -0.2) is 27.2 Å². The molecule has 0 aliphatic carbocycles. The van der Waals surface area contributed by atoms with Crippen molar-refractivity contribution in [2.75, 3.05) is 0 Å². The fourth-order valence-electron chi connectivity index (χ4n) is 4.15. The first-order chi connectivity index (χ1) is 17.4. The second-order valence-electron chi connectivity index (χ2n) is 8.55. The van der Waals surface area contributed by atoms with Crippen LogP contribution in [-0.2, 0) is 27.5 Å². The third-order valence-corrected chi connectivity index (χ3v) is 8.07. The van der Waals surface area contributed by atoms with Gasteiger partial charge in [0.05, 0.1) is 4.90 Å². The number of rotatable bonds is 6. The third-order valence-electron chi connectivity index (χ3n) is 6.03. The van der Waals surface area contributed by atoms with Crippen LogP contribution in [0, 0.1) is 11.6 Å². The van der Waals surface area contributed by atoms with E-state index in [4.69, 9.17) is 0 Å². The topological polar surface area (TPSA) is 92.3 Å². The van der Waals surface area contributed by atoms with Gasteiger partial charge in [-0.3, -0.25) is 4.79 Å². The summed E-state index contributed by atoms with van der Waals surface area (Å²) < 4.78 is 93.3. The number of halogens is 5. The zero-order chi connectivity index (χ0) is 27.0. The molecule has 13 heteroatoms. The molecule has 2 heterocycles. The third kappa shape index (κ3) is 5.62. The van der Waals surface area contributed by atoms with E-state index in [0.29, 0.717) is 12.0 Å². The Morgan fingerprint density at radius 3 is 2.30 bits per heavy atom. The number of benzene rings is 2. The van der Waals surface area contributed by atoms with Gasteiger partial charge in [-0.2, -0.15) is 17.5 Å². The minimum absolute atomic E-state index is 0.0322. The van der Waals surface area contributed by atoms with Crippen molar-refractivity contribution in [3.63, 3.8) is 0 Å². The van der Waals surface area contributed by atoms with Crippen molar-refractivity contribution in [1.29, 1.82) is 0 Å². The van der Waals surface area contributed by atoms with Gasteiger partial charge in [-0.15, -0.1) is 0 Å². The summed E-state index contributed by atoms with van der Waals surface area (Å²) >= 11 is 0. The molecule has 196 valence electrons. The van der Waals surface area contributed by atoms with Crippen LogP contribution in [0.25, 0.3) is 11.1 Å². The molecular formula is C24H21F5N4O3S. The molecule has 1 amide bonds. The molecule has 2 atom stereocenters. The fourth-order valence-corrected chi connectivity index (χ4v) is 5.99. The number of amides is 1. The smallest absolute Gasteiger partial charge is 0.351 e. The maximum absolute atomic E-state index is 14.4. The highest BCUT2D eigenvalue weighted by Crippen LogP contribution is 2.32. The first-order valence-corrected chi connectivity index (χ1v) is 12.6. The summed E-state index contributed by atoms with van der Waals surface area (Å²) in [6.07, 6.45) is -2.13. The highest BCUT2D eigenvalue weighted by Gasteiger charge is 2.43. The zero-order valence-electron chi connectivity index (χ0n) is 19.3. The molecule has 1 saturated heterocycles. The molecule has 1 aliphatic rings. The molecule has 3 aromatic rings. The lowest BCUT2D eigenvalue weighted by Gasteiger charge is -2.27. The molecule has 0 saturated carbocycles. The molecule has 37 heavy (non-hydrogen) atoms. The van der Waals surface area contributed by atoms with Crippen LogP contribution in [0.15, 0.2) is 59.8 Å². The van der Waals surface area contributed by atoms with E-state index < -0.39 is 51.6 Å². The van der Waals surface area contributed by atoms with Crippen molar-refractivity contribution in [1.82, 2.24) is 19.6 Å². The molecule has 1 aromatic heterocycles. The molecule has 0 bridgehead atoms. The average Bonchev–Trinajstić information content (AvgIpc) is 3.25. The van der Waals surface area contributed by atoms with Crippen LogP contribution in [0.4, 0.5) is 22.0 Å². The largest absolute Gasteiger partial charge is 0.451 e. The lowest BCUT2D eigenvalue weighted by Crippen LogP contribution is -2.48. The summed E-state index contributed by atoms with van der Waals surface area (Å²) in [6.45, 7) is 1.36. The lowest BCUT2D eigenvalue weighted by atomic mass is 10.0. The monoisotopic (exact) mass is 540 g/mol. The maximum Gasteiger partial charge on any atom is 0.451 e. The summed E-state index contributed by atoms with van der Waals surface area (Å²) in [7, 11) is -4.11. The predicted molar refractivity (Wildman–Crippen MR) is 122 cm³/mol. The molecule has 1 fully saturated rings. The normalized spacial score (nSPS) is 18.6. The number of carbonyl (C=O) groups excluding carboxylic acids is 1. The second-order valence-corrected chi connectivity index (χ2v) is 10.4. The van der Waals surface area contributed by atoms with Gasteiger partial charge in [0, 0.05) is 36.1 Å². The van der Waals surface area contributed by atoms with Crippen molar-refractivity contribution in [3.05, 3.63) is 77.9 Å². The molecule has 0 radical (unpaired) electrons. The van der Waals surface area contributed by atoms with Crippen LogP contribution in [0.3, 0.4) is 0 Å². The van der Waals surface area contributed by atoms with E-state index in [0.717, 1.165) is 47.0 Å². The maximum atomic E-state index is 14.4. The second kappa shape index (κ2) is 10.1. The first kappa shape index (κ1) is 26.6. The van der Waals surface area contributed by atoms with Crippen LogP contribution in [0.1, 0.15) is 31.2 Å². The molecular weight excluding hydrogens is 519 g/mol. The number of alkyl halides is 3. The Bertz CT molecular complexity index is 1400. The number of hydrogen-bond donors (Lipinski definition) is 1. The quantitative estimate of drug-likeness (QED) is 0.471. The molecule has 0 unspecified atom stereocenters. The standard InChI is InChI=1S/C24H21F5N4O3S/c1-14-2-9-21(33(14)37(35,36)19-6-4-18(25)5-7-19)22(34)30-11-16-10-15(3-8-20(16)26)17-12-31-23(32-13-17)24(27,28)29/h3-8,10,12-14,21H,2,9,11H2,1H3,(H,30,34)/t14-,21-/m0/s1. The summed E-state index contributed by atoms with van der Waals surface area (Å²) in [4.78, 5) is 19.4. The Morgan fingerprint density at radius 1 is 1.03 bits per heavy atom. The Morgan fingerprint density at radius 2 is 1.68 bits per heavy atom. The van der Waals surface area contributed by atoms with Crippen LogP contribution >= 0.6 is 0 Å². The van der Waals surface area contributed by atoms with Gasteiger partial charge >= 0.3 is 6.18 Å². The zero-order valence-corrected chi connectivity index (χ0v) is 20.2. The number of nitrogens with zero attached hydrogens (tertiary/aromatic N) is 3. The van der Waals surface area contributed by atoms with Gasteiger partial charge in [-0.1, -0.05) is 6.07 Å². The van der Waals surface area contributed by atoms with E-state index >= 15 is 0 Å². The van der Waals surface area contributed by atoms with Crippen LogP contribution in [0.5, 0.6) is 0 Å². The van der Waals surface area contributed by atoms with Crippen LogP contribution in [0.2, 0.25) is 0 Å². The Hall–Kier alpha value is -3.45. The van der Waals surface area contributed by atoms with E-state index in [-0.39, 0.29) is 29.0 Å². The Labute approximate surface area is 209 Å². The molecule has 2 aromatic carbocycles. The summed E-state index contributed by atoms with van der Waals surface area (Å²) in [5.74, 6) is -3.23. The number of nitrogens with one attached hydrogen (secondary N) is 1. The van der Waals surface area contributed by atoms with E-state index in [2.05, 4.69) is 15.3 Å². The van der Waals surface area contributed by atoms with Crippen molar-refractivity contribution < 1.29 is 35.2 Å². The van der Waals surface area contributed by atoms with Gasteiger partial charge < -0.3 is 5.32 Å². The minimum Gasteiger partial charge on any atom is -0.351 e. The van der Waals surface area contributed by atoms with E-state index in [1.807, 2.05) is 0 Å². The summed E-state index contributed by atoms with van der Waals surface area (Å²) in [5.41, 5.74) is 0.570. The number of sulfonamides is 1. The van der Waals surface area contributed by atoms with Crippen LogP contribution in [-0.4, -0.2) is 40.7 Å². The summed E-state index contributed by atoms with van der Waals surface area (Å²) in [5, 5.41) is 2.55. The van der Waals surface area contributed by atoms with E-state index in [1.54, 1.807) is 6.92 Å². The van der Waals surface area contributed by atoms with E-state index in [9.17, 15) is 35.2 Å². The highest BCUT2D eigenvalue weighted by atomic mass is 32.2. The van der Waals surface area contributed by atoms with Gasteiger partial charge in [0.15, 0.2) is 0 Å². The minimum atomic E-state index is -4.70. The number of hydrogen-bond acceptors (Lipinski definition) is 5. The van der Waals surface area contributed by atoms with Gasteiger partial charge in [0.1, 0.15) is 17.7 Å². The fraction of sp³-hybridized carbons (Fsp3) is 0.292. The van der Waals surface area contributed by atoms with Gasteiger partial charge in [-0.05, 0) is 61.7 Å². The van der Waals surface area contributed by atoms with Crippen molar-refractivity contribution in [2.45, 2.75) is 49.5 Å². The number of aromatic nitrogens is 2. The predicted octanol–water partition coefficient (Wildman–Crippen LogP) is 4.30. The van der Waals surface area contributed by atoms with Crippen molar-refractivity contribution >= 4 is 15.9 Å². The number of carbonyl (C=O) groups is 1. The molecule has 0 spiro atoms. The molecule has 1 aliphatic heterocycles. The average molecular weight is 541 g/mol.